The van der Waals surface area contributed by atoms with Gasteiger partial charge in [0.1, 0.15) is 0 Å². The van der Waals surface area contributed by atoms with E-state index < -0.39 is 0 Å². The molecule has 2 aromatic heterocycles. The maximum atomic E-state index is 12.3. The van der Waals surface area contributed by atoms with E-state index in [1.807, 2.05) is 13.0 Å². The first-order valence-electron chi connectivity index (χ1n) is 6.52. The molecule has 0 aliphatic heterocycles. The first kappa shape index (κ1) is 14.9. The van der Waals surface area contributed by atoms with Gasteiger partial charge in [0.2, 0.25) is 0 Å². The van der Waals surface area contributed by atoms with Gasteiger partial charge in [-0.2, -0.15) is 0 Å². The molecule has 0 saturated carbocycles. The van der Waals surface area contributed by atoms with Crippen LogP contribution in [0.25, 0.3) is 10.9 Å². The standard InChI is InChI=1S/C16H11BrClN3O/c1-9-13(18)3-2-12-14(4-5-20-15(9)12)21-16(22)10-6-11(17)8-19-7-10/h2-8H,1H3,(H,20,21,22). The first-order valence-corrected chi connectivity index (χ1v) is 7.69. The monoisotopic (exact) mass is 375 g/mol. The van der Waals surface area contributed by atoms with E-state index in [1.165, 1.54) is 6.20 Å². The Morgan fingerprint density at radius 1 is 1.27 bits per heavy atom. The molecule has 4 nitrogen and oxygen atoms in total. The number of carbonyl (C=O) groups excluding carboxylic acids is 1. The number of nitrogens with one attached hydrogen (secondary N) is 1. The number of benzene rings is 1. The number of aromatic nitrogens is 2. The van der Waals surface area contributed by atoms with Gasteiger partial charge >= 0.3 is 0 Å². The summed E-state index contributed by atoms with van der Waals surface area (Å²) in [5.74, 6) is -0.228. The number of nitrogens with zero attached hydrogens (tertiary/aromatic N) is 2. The van der Waals surface area contributed by atoms with Crippen LogP contribution in [0.2, 0.25) is 5.02 Å². The van der Waals surface area contributed by atoms with Crippen LogP contribution in [0.3, 0.4) is 0 Å². The van der Waals surface area contributed by atoms with Crippen molar-refractivity contribution in [1.82, 2.24) is 9.97 Å². The highest BCUT2D eigenvalue weighted by atomic mass is 79.9. The fraction of sp³-hybridized carbons (Fsp3) is 0.0625. The number of halogens is 2. The van der Waals surface area contributed by atoms with Crippen molar-refractivity contribution in [1.29, 1.82) is 0 Å². The van der Waals surface area contributed by atoms with Crippen molar-refractivity contribution in [3.63, 3.8) is 0 Å². The van der Waals surface area contributed by atoms with Gasteiger partial charge in [0, 0.05) is 33.5 Å². The van der Waals surface area contributed by atoms with E-state index in [1.54, 1.807) is 30.6 Å². The summed E-state index contributed by atoms with van der Waals surface area (Å²) in [7, 11) is 0. The number of fused-ring (bicyclic) bond motifs is 1. The van der Waals surface area contributed by atoms with E-state index in [4.69, 9.17) is 11.6 Å². The Morgan fingerprint density at radius 3 is 2.86 bits per heavy atom. The molecule has 1 aromatic carbocycles. The highest BCUT2D eigenvalue weighted by Gasteiger charge is 2.11. The number of carbonyl (C=O) groups is 1. The molecule has 110 valence electrons. The predicted octanol–water partition coefficient (Wildman–Crippen LogP) is 4.61. The zero-order chi connectivity index (χ0) is 15.7. The molecule has 22 heavy (non-hydrogen) atoms. The maximum Gasteiger partial charge on any atom is 0.257 e. The molecule has 0 bridgehead atoms. The fourth-order valence-corrected chi connectivity index (χ4v) is 2.69. The van der Waals surface area contributed by atoms with Crippen LogP contribution in [-0.2, 0) is 0 Å². The van der Waals surface area contributed by atoms with E-state index in [0.717, 1.165) is 20.9 Å². The number of hydrogen-bond donors (Lipinski definition) is 1. The van der Waals surface area contributed by atoms with Gasteiger partial charge in [-0.1, -0.05) is 11.6 Å². The smallest absolute Gasteiger partial charge is 0.257 e. The number of aryl methyl sites for hydroxylation is 1. The third-order valence-corrected chi connectivity index (χ3v) is 4.16. The molecule has 3 rings (SSSR count). The normalized spacial score (nSPS) is 10.7. The molecule has 1 N–H and O–H groups in total. The third-order valence-electron chi connectivity index (χ3n) is 3.32. The van der Waals surface area contributed by atoms with Crippen molar-refractivity contribution in [2.24, 2.45) is 0 Å². The van der Waals surface area contributed by atoms with Gasteiger partial charge in [0.25, 0.3) is 5.91 Å². The zero-order valence-corrected chi connectivity index (χ0v) is 13.9. The second-order valence-electron chi connectivity index (χ2n) is 4.77. The van der Waals surface area contributed by atoms with Crippen molar-refractivity contribution in [2.45, 2.75) is 6.92 Å². The van der Waals surface area contributed by atoms with Gasteiger partial charge < -0.3 is 5.32 Å². The van der Waals surface area contributed by atoms with Crippen LogP contribution >= 0.6 is 27.5 Å². The second-order valence-corrected chi connectivity index (χ2v) is 6.10. The van der Waals surface area contributed by atoms with Crippen molar-refractivity contribution in [3.8, 4) is 0 Å². The molecule has 0 fully saturated rings. The summed E-state index contributed by atoms with van der Waals surface area (Å²) in [4.78, 5) is 20.7. The van der Waals surface area contributed by atoms with Gasteiger partial charge in [-0.3, -0.25) is 14.8 Å². The van der Waals surface area contributed by atoms with Gasteiger partial charge in [-0.15, -0.1) is 0 Å². The first-order chi connectivity index (χ1) is 10.6. The highest BCUT2D eigenvalue weighted by Crippen LogP contribution is 2.28. The Labute approximate surface area is 140 Å². The molecule has 2 heterocycles. The summed E-state index contributed by atoms with van der Waals surface area (Å²) in [5, 5.41) is 4.39. The van der Waals surface area contributed by atoms with Gasteiger partial charge in [0.15, 0.2) is 0 Å². The number of anilines is 1. The quantitative estimate of drug-likeness (QED) is 0.711. The van der Waals surface area contributed by atoms with Gasteiger partial charge in [0.05, 0.1) is 16.8 Å². The van der Waals surface area contributed by atoms with Crippen LogP contribution in [0.1, 0.15) is 15.9 Å². The minimum Gasteiger partial charge on any atom is -0.321 e. The molecular weight excluding hydrogens is 366 g/mol. The van der Waals surface area contributed by atoms with Crippen molar-refractivity contribution >= 4 is 50.0 Å². The van der Waals surface area contributed by atoms with Gasteiger partial charge in [-0.25, -0.2) is 0 Å². The van der Waals surface area contributed by atoms with Crippen molar-refractivity contribution in [2.75, 3.05) is 5.32 Å². The minimum absolute atomic E-state index is 0.228. The molecule has 0 saturated heterocycles. The second kappa shape index (κ2) is 6.02. The minimum atomic E-state index is -0.228. The summed E-state index contributed by atoms with van der Waals surface area (Å²) in [6, 6.07) is 7.14. The number of amides is 1. The average Bonchev–Trinajstić information content (AvgIpc) is 2.51. The highest BCUT2D eigenvalue weighted by molar-refractivity contribution is 9.10. The summed E-state index contributed by atoms with van der Waals surface area (Å²) < 4.78 is 0.752. The molecule has 0 aliphatic rings. The average molecular weight is 377 g/mol. The molecule has 3 aromatic rings. The molecule has 0 spiro atoms. The maximum absolute atomic E-state index is 12.3. The molecule has 0 radical (unpaired) electrons. The van der Waals surface area contributed by atoms with Crippen LogP contribution in [-0.4, -0.2) is 15.9 Å². The Hall–Kier alpha value is -1.98. The predicted molar refractivity (Wildman–Crippen MR) is 91.4 cm³/mol. The summed E-state index contributed by atoms with van der Waals surface area (Å²) >= 11 is 9.42. The van der Waals surface area contributed by atoms with Crippen LogP contribution in [0.15, 0.2) is 47.3 Å². The van der Waals surface area contributed by atoms with Gasteiger partial charge in [-0.05, 0) is 52.7 Å². The molecule has 0 aliphatic carbocycles. The number of hydrogen-bond acceptors (Lipinski definition) is 3. The Bertz CT molecular complexity index is 882. The summed E-state index contributed by atoms with van der Waals surface area (Å²) in [5.41, 5.74) is 2.83. The summed E-state index contributed by atoms with van der Waals surface area (Å²) in [6.45, 7) is 1.90. The third kappa shape index (κ3) is 2.82. The van der Waals surface area contributed by atoms with Crippen molar-refractivity contribution < 1.29 is 4.79 Å². The molecule has 0 atom stereocenters. The Morgan fingerprint density at radius 2 is 2.09 bits per heavy atom. The number of pyridine rings is 2. The topological polar surface area (TPSA) is 54.9 Å². The van der Waals surface area contributed by atoms with E-state index in [-0.39, 0.29) is 5.91 Å². The Kier molecular flexibility index (Phi) is 4.09. The van der Waals surface area contributed by atoms with E-state index >= 15 is 0 Å². The lowest BCUT2D eigenvalue weighted by molar-refractivity contribution is 0.102. The van der Waals surface area contributed by atoms with Crippen molar-refractivity contribution in [3.05, 3.63) is 63.5 Å². The molecule has 1 amide bonds. The molecule has 6 heteroatoms. The lowest BCUT2D eigenvalue weighted by atomic mass is 10.1. The lowest BCUT2D eigenvalue weighted by Crippen LogP contribution is -2.12. The Balaban J connectivity index is 2.01. The van der Waals surface area contributed by atoms with E-state index in [2.05, 4.69) is 31.2 Å². The van der Waals surface area contributed by atoms with E-state index in [0.29, 0.717) is 16.3 Å². The fourth-order valence-electron chi connectivity index (χ4n) is 2.17. The van der Waals surface area contributed by atoms with Crippen LogP contribution in [0, 0.1) is 6.92 Å². The summed E-state index contributed by atoms with van der Waals surface area (Å²) in [6.07, 6.45) is 4.80. The SMILES string of the molecule is Cc1c(Cl)ccc2c(NC(=O)c3cncc(Br)c3)ccnc12. The largest absolute Gasteiger partial charge is 0.321 e. The van der Waals surface area contributed by atoms with Crippen LogP contribution in [0.4, 0.5) is 5.69 Å². The number of rotatable bonds is 2. The molecular formula is C16H11BrClN3O. The lowest BCUT2D eigenvalue weighted by Gasteiger charge is -2.10. The van der Waals surface area contributed by atoms with Crippen LogP contribution < -0.4 is 5.32 Å². The molecule has 0 unspecified atom stereocenters. The van der Waals surface area contributed by atoms with Crippen LogP contribution in [0.5, 0.6) is 0 Å². The zero-order valence-electron chi connectivity index (χ0n) is 11.6. The van der Waals surface area contributed by atoms with E-state index in [9.17, 15) is 4.79 Å².